The summed E-state index contributed by atoms with van der Waals surface area (Å²) < 4.78 is 13.5. The number of rotatable bonds is 2. The van der Waals surface area contributed by atoms with Gasteiger partial charge in [-0.3, -0.25) is 11.3 Å². The minimum absolute atomic E-state index is 0.00972. The molecule has 0 saturated carbocycles. The van der Waals surface area contributed by atoms with Crippen LogP contribution in [-0.2, 0) is 0 Å². The average molecular weight is 204 g/mol. The molecule has 0 amide bonds. The summed E-state index contributed by atoms with van der Waals surface area (Å²) >= 11 is 0. The van der Waals surface area contributed by atoms with Crippen molar-refractivity contribution in [1.29, 1.82) is 0 Å². The van der Waals surface area contributed by atoms with Crippen LogP contribution in [0.5, 0.6) is 0 Å². The summed E-state index contributed by atoms with van der Waals surface area (Å²) in [6, 6.07) is 10.7. The van der Waals surface area contributed by atoms with Gasteiger partial charge in [-0.15, -0.1) is 0 Å². The van der Waals surface area contributed by atoms with Crippen LogP contribution in [0.4, 0.5) is 4.39 Å². The molecule has 2 aromatic carbocycles. The molecule has 0 bridgehead atoms. The molecule has 1 atom stereocenters. The van der Waals surface area contributed by atoms with Crippen LogP contribution in [0.2, 0.25) is 0 Å². The van der Waals surface area contributed by atoms with Crippen molar-refractivity contribution >= 4 is 10.8 Å². The zero-order valence-electron chi connectivity index (χ0n) is 8.50. The van der Waals surface area contributed by atoms with E-state index >= 15 is 0 Å². The summed E-state index contributed by atoms with van der Waals surface area (Å²) in [6.07, 6.45) is 0. The third kappa shape index (κ3) is 1.71. The Hall–Kier alpha value is -1.45. The second kappa shape index (κ2) is 3.96. The Labute approximate surface area is 87.9 Å². The first-order valence-electron chi connectivity index (χ1n) is 4.87. The first-order valence-corrected chi connectivity index (χ1v) is 4.87. The Morgan fingerprint density at radius 1 is 1.13 bits per heavy atom. The normalized spacial score (nSPS) is 13.0. The molecule has 0 aliphatic heterocycles. The molecule has 2 nitrogen and oxygen atoms in total. The molecule has 0 saturated heterocycles. The smallest absolute Gasteiger partial charge is 0.131 e. The van der Waals surface area contributed by atoms with E-state index in [-0.39, 0.29) is 11.9 Å². The summed E-state index contributed by atoms with van der Waals surface area (Å²) in [5.41, 5.74) is 3.68. The summed E-state index contributed by atoms with van der Waals surface area (Å²) in [5, 5.41) is 1.54. The summed E-state index contributed by atoms with van der Waals surface area (Å²) in [5.74, 6) is 5.19. The third-order valence-electron chi connectivity index (χ3n) is 2.62. The number of fused-ring (bicyclic) bond motifs is 1. The molecule has 78 valence electrons. The van der Waals surface area contributed by atoms with Crippen molar-refractivity contribution < 1.29 is 4.39 Å². The monoisotopic (exact) mass is 204 g/mol. The van der Waals surface area contributed by atoms with Crippen molar-refractivity contribution in [3.8, 4) is 0 Å². The molecule has 0 spiro atoms. The highest BCUT2D eigenvalue weighted by Gasteiger charge is 2.09. The lowest BCUT2D eigenvalue weighted by atomic mass is 10.00. The van der Waals surface area contributed by atoms with Gasteiger partial charge in [-0.2, -0.15) is 0 Å². The van der Waals surface area contributed by atoms with Crippen molar-refractivity contribution in [2.45, 2.75) is 13.0 Å². The molecule has 0 aromatic heterocycles. The second-order valence-electron chi connectivity index (χ2n) is 3.57. The van der Waals surface area contributed by atoms with Crippen molar-refractivity contribution in [2.24, 2.45) is 5.84 Å². The van der Waals surface area contributed by atoms with Gasteiger partial charge >= 0.3 is 0 Å². The van der Waals surface area contributed by atoms with E-state index in [2.05, 4.69) is 5.43 Å². The molecule has 0 unspecified atom stereocenters. The van der Waals surface area contributed by atoms with E-state index in [0.29, 0.717) is 5.39 Å². The molecule has 2 aromatic rings. The van der Waals surface area contributed by atoms with E-state index in [9.17, 15) is 4.39 Å². The number of hydrazine groups is 1. The number of nitrogens with two attached hydrogens (primary N) is 1. The highest BCUT2D eigenvalue weighted by molar-refractivity contribution is 5.86. The molecule has 0 radical (unpaired) electrons. The lowest BCUT2D eigenvalue weighted by Gasteiger charge is -2.13. The van der Waals surface area contributed by atoms with Gasteiger partial charge in [0.2, 0.25) is 0 Å². The Morgan fingerprint density at radius 2 is 1.80 bits per heavy atom. The molecule has 15 heavy (non-hydrogen) atoms. The van der Waals surface area contributed by atoms with Crippen LogP contribution in [-0.4, -0.2) is 0 Å². The minimum atomic E-state index is -0.196. The van der Waals surface area contributed by atoms with Gasteiger partial charge in [-0.05, 0) is 23.9 Å². The van der Waals surface area contributed by atoms with Gasteiger partial charge in [0, 0.05) is 11.4 Å². The lowest BCUT2D eigenvalue weighted by Crippen LogP contribution is -2.25. The van der Waals surface area contributed by atoms with Gasteiger partial charge in [0.15, 0.2) is 0 Å². The fraction of sp³-hybridized carbons (Fsp3) is 0.167. The van der Waals surface area contributed by atoms with Crippen molar-refractivity contribution in [3.05, 3.63) is 47.8 Å². The second-order valence-corrected chi connectivity index (χ2v) is 3.57. The van der Waals surface area contributed by atoms with Gasteiger partial charge in [0.05, 0.1) is 0 Å². The molecule has 0 fully saturated rings. The topological polar surface area (TPSA) is 38.0 Å². The van der Waals surface area contributed by atoms with Crippen LogP contribution in [0, 0.1) is 5.82 Å². The molecular weight excluding hydrogens is 191 g/mol. The summed E-state index contributed by atoms with van der Waals surface area (Å²) in [7, 11) is 0. The predicted octanol–water partition coefficient (Wildman–Crippen LogP) is 2.50. The fourth-order valence-electron chi connectivity index (χ4n) is 1.75. The molecular formula is C12H13FN2. The maximum atomic E-state index is 13.5. The predicted molar refractivity (Wildman–Crippen MR) is 59.6 cm³/mol. The maximum Gasteiger partial charge on any atom is 0.131 e. The SMILES string of the molecule is C[C@H](NN)c1ccc(F)c2ccccc12. The largest absolute Gasteiger partial charge is 0.271 e. The van der Waals surface area contributed by atoms with E-state index in [1.807, 2.05) is 25.1 Å². The van der Waals surface area contributed by atoms with E-state index in [0.717, 1.165) is 10.9 Å². The van der Waals surface area contributed by atoms with E-state index < -0.39 is 0 Å². The number of halogens is 1. The Balaban J connectivity index is 2.71. The van der Waals surface area contributed by atoms with Crippen LogP contribution in [0.3, 0.4) is 0 Å². The van der Waals surface area contributed by atoms with Gasteiger partial charge in [0.25, 0.3) is 0 Å². The van der Waals surface area contributed by atoms with Crippen LogP contribution < -0.4 is 11.3 Å². The quantitative estimate of drug-likeness (QED) is 0.582. The Kier molecular flexibility index (Phi) is 2.66. The number of nitrogens with one attached hydrogen (secondary N) is 1. The Morgan fingerprint density at radius 3 is 2.47 bits per heavy atom. The number of benzene rings is 2. The van der Waals surface area contributed by atoms with Crippen molar-refractivity contribution in [1.82, 2.24) is 5.43 Å². The van der Waals surface area contributed by atoms with Gasteiger partial charge in [0.1, 0.15) is 5.82 Å². The van der Waals surface area contributed by atoms with Crippen LogP contribution in [0.25, 0.3) is 10.8 Å². The molecule has 3 heteroatoms. The van der Waals surface area contributed by atoms with Gasteiger partial charge < -0.3 is 0 Å². The van der Waals surface area contributed by atoms with Crippen LogP contribution in [0.15, 0.2) is 36.4 Å². The zero-order valence-corrected chi connectivity index (χ0v) is 8.50. The molecule has 0 aliphatic carbocycles. The first-order chi connectivity index (χ1) is 7.24. The fourth-order valence-corrected chi connectivity index (χ4v) is 1.75. The minimum Gasteiger partial charge on any atom is -0.271 e. The standard InChI is InChI=1S/C12H13FN2/c1-8(15-14)9-6-7-12(13)11-5-3-2-4-10(9)11/h2-8,15H,14H2,1H3/t8-/m0/s1. The first kappa shape index (κ1) is 10.1. The average Bonchev–Trinajstić information content (AvgIpc) is 2.29. The molecule has 3 N–H and O–H groups in total. The van der Waals surface area contributed by atoms with E-state index in [1.165, 1.54) is 6.07 Å². The third-order valence-corrected chi connectivity index (χ3v) is 2.62. The van der Waals surface area contributed by atoms with Crippen molar-refractivity contribution in [3.63, 3.8) is 0 Å². The van der Waals surface area contributed by atoms with Gasteiger partial charge in [-0.1, -0.05) is 30.3 Å². The highest BCUT2D eigenvalue weighted by Crippen LogP contribution is 2.25. The highest BCUT2D eigenvalue weighted by atomic mass is 19.1. The van der Waals surface area contributed by atoms with Crippen LogP contribution >= 0.6 is 0 Å². The Bertz CT molecular complexity index is 482. The maximum absolute atomic E-state index is 13.5. The van der Waals surface area contributed by atoms with Crippen molar-refractivity contribution in [2.75, 3.05) is 0 Å². The lowest BCUT2D eigenvalue weighted by molar-refractivity contribution is 0.602. The number of hydrogen-bond acceptors (Lipinski definition) is 2. The van der Waals surface area contributed by atoms with Gasteiger partial charge in [-0.25, -0.2) is 4.39 Å². The molecule has 2 rings (SSSR count). The zero-order chi connectivity index (χ0) is 10.8. The molecule has 0 heterocycles. The van der Waals surface area contributed by atoms with E-state index in [1.54, 1.807) is 12.1 Å². The molecule has 0 aliphatic rings. The summed E-state index contributed by atoms with van der Waals surface area (Å²) in [4.78, 5) is 0. The number of hydrogen-bond donors (Lipinski definition) is 2. The van der Waals surface area contributed by atoms with E-state index in [4.69, 9.17) is 5.84 Å². The van der Waals surface area contributed by atoms with Crippen LogP contribution in [0.1, 0.15) is 18.5 Å². The summed E-state index contributed by atoms with van der Waals surface area (Å²) in [6.45, 7) is 1.94.